The molecule has 0 aliphatic heterocycles. The summed E-state index contributed by atoms with van der Waals surface area (Å²) in [4.78, 5) is 33.8. The van der Waals surface area contributed by atoms with Crippen LogP contribution < -0.4 is 15.4 Å². The van der Waals surface area contributed by atoms with E-state index in [-0.39, 0.29) is 35.6 Å². The number of methoxy groups -OCH3 is 1. The molecular weight excluding hydrogens is 492 g/mol. The quantitative estimate of drug-likeness (QED) is 0.256. The van der Waals surface area contributed by atoms with E-state index in [9.17, 15) is 9.59 Å². The van der Waals surface area contributed by atoms with Crippen LogP contribution >= 0.6 is 12.2 Å². The molecule has 2 N–H and O–H groups in total. The molecule has 0 saturated heterocycles. The van der Waals surface area contributed by atoms with Crippen LogP contribution in [-0.4, -0.2) is 40.9 Å². The van der Waals surface area contributed by atoms with Gasteiger partial charge in [0.2, 0.25) is 0 Å². The summed E-state index contributed by atoms with van der Waals surface area (Å²) in [7, 11) is 1.26. The van der Waals surface area contributed by atoms with Gasteiger partial charge in [-0.15, -0.1) is 0 Å². The van der Waals surface area contributed by atoms with Crippen LogP contribution in [0.3, 0.4) is 0 Å². The first-order valence-corrected chi connectivity index (χ1v) is 11.8. The number of benzene rings is 2. The van der Waals surface area contributed by atoms with E-state index in [0.29, 0.717) is 16.6 Å². The molecule has 1 amide bonds. The minimum absolute atomic E-state index is 0.0679. The molecule has 0 aliphatic rings. The van der Waals surface area contributed by atoms with Crippen molar-refractivity contribution in [2.24, 2.45) is 0 Å². The van der Waals surface area contributed by atoms with Crippen molar-refractivity contribution in [1.82, 2.24) is 15.3 Å². The van der Waals surface area contributed by atoms with Crippen molar-refractivity contribution in [3.63, 3.8) is 0 Å². The van der Waals surface area contributed by atoms with Crippen LogP contribution in [0.2, 0.25) is 0 Å². The van der Waals surface area contributed by atoms with E-state index < -0.39 is 12.1 Å². The molecule has 188 valence electrons. The van der Waals surface area contributed by atoms with Crippen LogP contribution in [0.5, 0.6) is 5.75 Å². The normalized spacial score (nSPS) is 10.4. The molecule has 0 radical (unpaired) electrons. The smallest absolute Gasteiger partial charge is 0.413 e. The van der Waals surface area contributed by atoms with Crippen molar-refractivity contribution in [2.45, 2.75) is 13.5 Å². The van der Waals surface area contributed by atoms with E-state index in [4.69, 9.17) is 31.4 Å². The van der Waals surface area contributed by atoms with Crippen LogP contribution in [0.25, 0.3) is 22.2 Å². The second kappa shape index (κ2) is 11.9. The van der Waals surface area contributed by atoms with E-state index in [1.54, 1.807) is 13.0 Å². The zero-order chi connectivity index (χ0) is 26.2. The Balaban J connectivity index is 1.83. The maximum absolute atomic E-state index is 12.7. The van der Waals surface area contributed by atoms with E-state index in [2.05, 4.69) is 15.6 Å². The van der Waals surface area contributed by atoms with Gasteiger partial charge in [-0.1, -0.05) is 60.7 Å². The number of rotatable bonds is 7. The first-order valence-electron chi connectivity index (χ1n) is 11.4. The Morgan fingerprint density at radius 2 is 1.65 bits per heavy atom. The van der Waals surface area contributed by atoms with Gasteiger partial charge < -0.3 is 19.5 Å². The lowest BCUT2D eigenvalue weighted by atomic mass is 10.1. The third-order valence-electron chi connectivity index (χ3n) is 5.20. The van der Waals surface area contributed by atoms with Crippen molar-refractivity contribution in [1.29, 1.82) is 0 Å². The van der Waals surface area contributed by atoms with Crippen LogP contribution in [0.1, 0.15) is 23.0 Å². The van der Waals surface area contributed by atoms with Crippen molar-refractivity contribution in [2.75, 3.05) is 19.0 Å². The third-order valence-corrected chi connectivity index (χ3v) is 5.40. The van der Waals surface area contributed by atoms with E-state index in [1.165, 1.54) is 7.11 Å². The van der Waals surface area contributed by atoms with Crippen molar-refractivity contribution >= 4 is 46.1 Å². The number of anilines is 1. The van der Waals surface area contributed by atoms with Gasteiger partial charge in [-0.3, -0.25) is 5.32 Å². The molecule has 10 heteroatoms. The van der Waals surface area contributed by atoms with Gasteiger partial charge in [0.15, 0.2) is 22.4 Å². The third kappa shape index (κ3) is 6.17. The average molecular weight is 517 g/mol. The Bertz CT molecular complexity index is 1430. The summed E-state index contributed by atoms with van der Waals surface area (Å²) in [5, 5.41) is 5.70. The maximum atomic E-state index is 12.7. The SMILES string of the molecule is CCOC(=O)NC(=S)Nc1nc(C(=O)OC)c(OCc2ccccc2)c2ccc(-c3ccccc3)nc12. The molecule has 37 heavy (non-hydrogen) atoms. The molecule has 2 aromatic carbocycles. The number of amides is 1. The summed E-state index contributed by atoms with van der Waals surface area (Å²) in [6.07, 6.45) is -0.724. The average Bonchev–Trinajstić information content (AvgIpc) is 2.92. The molecule has 0 fully saturated rings. The standard InChI is InChI=1S/C27H24N4O5S/c1-3-35-27(33)31-26(37)30-24-21-19(14-15-20(28-21)18-12-8-5-9-13-18)23(22(29-24)25(32)34-2)36-16-17-10-6-4-7-11-17/h4-15H,3,16H2,1-2H3,(H2,29,30,31,33,37). The lowest BCUT2D eigenvalue weighted by Gasteiger charge is -2.17. The van der Waals surface area contributed by atoms with Crippen LogP contribution in [-0.2, 0) is 16.1 Å². The number of carbonyl (C=O) groups excluding carboxylic acids is 2. The summed E-state index contributed by atoms with van der Waals surface area (Å²) in [5.41, 5.74) is 2.77. The molecule has 0 atom stereocenters. The molecule has 2 aromatic heterocycles. The molecule has 0 aliphatic carbocycles. The van der Waals surface area contributed by atoms with Gasteiger partial charge in [0.05, 0.1) is 19.4 Å². The number of esters is 1. The summed E-state index contributed by atoms with van der Waals surface area (Å²) < 4.78 is 16.0. The molecule has 4 aromatic rings. The number of alkyl carbamates (subject to hydrolysis) is 1. The molecule has 0 saturated carbocycles. The predicted molar refractivity (Wildman–Crippen MR) is 143 cm³/mol. The fraction of sp³-hybridized carbons (Fsp3) is 0.148. The van der Waals surface area contributed by atoms with E-state index in [0.717, 1.165) is 11.1 Å². The van der Waals surface area contributed by atoms with Crippen molar-refractivity contribution < 1.29 is 23.8 Å². The molecule has 0 spiro atoms. The number of nitrogens with one attached hydrogen (secondary N) is 2. The van der Waals surface area contributed by atoms with Crippen molar-refractivity contribution in [3.05, 3.63) is 84.1 Å². The lowest BCUT2D eigenvalue weighted by molar-refractivity contribution is 0.0589. The van der Waals surface area contributed by atoms with Crippen LogP contribution in [0.4, 0.5) is 10.6 Å². The van der Waals surface area contributed by atoms with E-state index >= 15 is 0 Å². The van der Waals surface area contributed by atoms with Gasteiger partial charge in [0.1, 0.15) is 12.1 Å². The minimum Gasteiger partial charge on any atom is -0.486 e. The van der Waals surface area contributed by atoms with Gasteiger partial charge in [-0.05, 0) is 36.8 Å². The summed E-state index contributed by atoms with van der Waals surface area (Å²) in [6.45, 7) is 2.05. The molecule has 4 rings (SSSR count). The Morgan fingerprint density at radius 1 is 0.946 bits per heavy atom. The number of fused-ring (bicyclic) bond motifs is 1. The summed E-state index contributed by atoms with van der Waals surface area (Å²) in [5.74, 6) is -0.348. The fourth-order valence-electron chi connectivity index (χ4n) is 3.53. The Morgan fingerprint density at radius 3 is 2.32 bits per heavy atom. The molecule has 0 bridgehead atoms. The van der Waals surface area contributed by atoms with Gasteiger partial charge in [0, 0.05) is 10.9 Å². The molecule has 2 heterocycles. The summed E-state index contributed by atoms with van der Waals surface area (Å²) >= 11 is 5.26. The second-order valence-electron chi connectivity index (χ2n) is 7.66. The summed E-state index contributed by atoms with van der Waals surface area (Å²) in [6, 6.07) is 22.7. The number of thiocarbonyl (C=S) groups is 1. The highest BCUT2D eigenvalue weighted by Gasteiger charge is 2.24. The Labute approximate surface area is 218 Å². The highest BCUT2D eigenvalue weighted by atomic mass is 32.1. The van der Waals surface area contributed by atoms with Crippen LogP contribution in [0.15, 0.2) is 72.8 Å². The maximum Gasteiger partial charge on any atom is 0.413 e. The number of pyridine rings is 2. The largest absolute Gasteiger partial charge is 0.486 e. The molecular formula is C27H24N4O5S. The number of hydrogen-bond acceptors (Lipinski definition) is 8. The van der Waals surface area contributed by atoms with Crippen LogP contribution in [0, 0.1) is 0 Å². The predicted octanol–water partition coefficient (Wildman–Crippen LogP) is 5.11. The topological polar surface area (TPSA) is 112 Å². The number of nitrogens with zero attached hydrogens (tertiary/aromatic N) is 2. The molecule has 9 nitrogen and oxygen atoms in total. The minimum atomic E-state index is -0.724. The lowest BCUT2D eigenvalue weighted by Crippen LogP contribution is -2.35. The Kier molecular flexibility index (Phi) is 8.22. The zero-order valence-corrected chi connectivity index (χ0v) is 21.0. The van der Waals surface area contributed by atoms with Gasteiger partial charge in [-0.2, -0.15) is 0 Å². The van der Waals surface area contributed by atoms with Crippen molar-refractivity contribution in [3.8, 4) is 17.0 Å². The second-order valence-corrected chi connectivity index (χ2v) is 8.07. The zero-order valence-electron chi connectivity index (χ0n) is 20.2. The number of ether oxygens (including phenoxy) is 3. The fourth-order valence-corrected chi connectivity index (χ4v) is 3.71. The van der Waals surface area contributed by atoms with E-state index in [1.807, 2.05) is 66.7 Å². The molecule has 0 unspecified atom stereocenters. The van der Waals surface area contributed by atoms with Gasteiger partial charge in [-0.25, -0.2) is 19.6 Å². The number of hydrogen-bond donors (Lipinski definition) is 2. The van der Waals surface area contributed by atoms with Gasteiger partial charge >= 0.3 is 12.1 Å². The Hall–Kier alpha value is -4.57. The number of aromatic nitrogens is 2. The highest BCUT2D eigenvalue weighted by molar-refractivity contribution is 7.80. The number of carbonyl (C=O) groups is 2. The first-order chi connectivity index (χ1) is 18.0. The van der Waals surface area contributed by atoms with Gasteiger partial charge in [0.25, 0.3) is 0 Å². The monoisotopic (exact) mass is 516 g/mol. The highest BCUT2D eigenvalue weighted by Crippen LogP contribution is 2.35. The first kappa shape index (κ1) is 25.5.